The number of hydrogen-bond donors (Lipinski definition) is 0. The van der Waals surface area contributed by atoms with Gasteiger partial charge < -0.3 is 23.7 Å². The lowest BCUT2D eigenvalue weighted by atomic mass is 10.1. The van der Waals surface area contributed by atoms with Gasteiger partial charge in [0.05, 0.1) is 44.1 Å². The second-order valence-electron chi connectivity index (χ2n) is 9.38. The Morgan fingerprint density at radius 1 is 1.00 bits per heavy atom. The minimum absolute atomic E-state index is 0.147. The first-order chi connectivity index (χ1) is 20.1. The molecule has 1 aliphatic heterocycles. The Morgan fingerprint density at radius 2 is 1.90 bits per heavy atom. The molecule has 8 heteroatoms. The van der Waals surface area contributed by atoms with E-state index >= 15 is 0 Å². The summed E-state index contributed by atoms with van der Waals surface area (Å²) in [4.78, 5) is 16.4. The van der Waals surface area contributed by atoms with Gasteiger partial charge in [-0.3, -0.25) is 4.79 Å². The van der Waals surface area contributed by atoms with E-state index in [2.05, 4.69) is 4.98 Å². The molecule has 0 aliphatic carbocycles. The van der Waals surface area contributed by atoms with Crippen LogP contribution in [0.3, 0.4) is 0 Å². The highest BCUT2D eigenvalue weighted by atomic mass is 16.5. The zero-order valence-electron chi connectivity index (χ0n) is 22.8. The minimum atomic E-state index is -0.308. The zero-order chi connectivity index (χ0) is 28.4. The van der Waals surface area contributed by atoms with Crippen molar-refractivity contribution in [3.8, 4) is 23.3 Å². The maximum absolute atomic E-state index is 11.8. The fourth-order valence-corrected chi connectivity index (χ4v) is 4.39. The van der Waals surface area contributed by atoms with Crippen molar-refractivity contribution < 1.29 is 28.5 Å². The normalized spacial score (nSPS) is 12.0. The Morgan fingerprint density at radius 3 is 2.78 bits per heavy atom. The van der Waals surface area contributed by atoms with E-state index in [4.69, 9.17) is 28.9 Å². The number of nitrogens with zero attached hydrogens (tertiary/aromatic N) is 2. The molecule has 0 radical (unpaired) electrons. The van der Waals surface area contributed by atoms with Gasteiger partial charge in [0, 0.05) is 10.9 Å². The van der Waals surface area contributed by atoms with Crippen LogP contribution in [0.15, 0.2) is 84.6 Å². The molecule has 8 nitrogen and oxygen atoms in total. The molecule has 0 saturated carbocycles. The van der Waals surface area contributed by atoms with E-state index in [0.29, 0.717) is 49.2 Å². The van der Waals surface area contributed by atoms with Crippen LogP contribution in [0.4, 0.5) is 0 Å². The number of esters is 1. The van der Waals surface area contributed by atoms with Crippen LogP contribution in [0, 0.1) is 11.3 Å². The van der Waals surface area contributed by atoms with E-state index in [1.807, 2.05) is 78.9 Å². The number of nitriles is 1. The Labute approximate surface area is 238 Å². The maximum Gasteiger partial charge on any atom is 0.309 e. The number of carbonyl (C=O) groups excluding carboxylic acids is 1. The molecule has 1 aliphatic rings. The molecule has 4 aromatic rings. The van der Waals surface area contributed by atoms with Gasteiger partial charge in [0.2, 0.25) is 0 Å². The summed E-state index contributed by atoms with van der Waals surface area (Å²) in [5, 5.41) is 10.2. The first-order valence-electron chi connectivity index (χ1n) is 13.5. The molecule has 0 spiro atoms. The van der Waals surface area contributed by atoms with Gasteiger partial charge in [-0.25, -0.2) is 4.98 Å². The molecule has 41 heavy (non-hydrogen) atoms. The monoisotopic (exact) mass is 550 g/mol. The molecule has 0 N–H and O–H groups in total. The highest BCUT2D eigenvalue weighted by Gasteiger charge is 2.14. The van der Waals surface area contributed by atoms with E-state index in [-0.39, 0.29) is 25.6 Å². The number of fused-ring (bicyclic) bond motifs is 2. The Balaban J connectivity index is 1.25. The first-order valence-corrected chi connectivity index (χ1v) is 13.5. The van der Waals surface area contributed by atoms with Gasteiger partial charge >= 0.3 is 5.97 Å². The third-order valence-electron chi connectivity index (χ3n) is 6.44. The van der Waals surface area contributed by atoms with Crippen molar-refractivity contribution in [1.82, 2.24) is 4.98 Å². The molecule has 2 heterocycles. The Hall–Kier alpha value is -4.87. The summed E-state index contributed by atoms with van der Waals surface area (Å²) in [6.45, 7) is 3.18. The van der Waals surface area contributed by atoms with Gasteiger partial charge in [-0.15, -0.1) is 0 Å². The van der Waals surface area contributed by atoms with Crippen molar-refractivity contribution in [2.24, 2.45) is 0 Å². The number of rotatable bonds is 12. The Kier molecular flexibility index (Phi) is 9.09. The molecular formula is C33H30N2O6. The summed E-state index contributed by atoms with van der Waals surface area (Å²) in [6.07, 6.45) is 2.58. The summed E-state index contributed by atoms with van der Waals surface area (Å²) >= 11 is 0. The lowest BCUT2D eigenvalue weighted by molar-refractivity contribution is -0.143. The molecule has 3 aromatic carbocycles. The highest BCUT2D eigenvalue weighted by molar-refractivity contribution is 5.78. The molecule has 0 unspecified atom stereocenters. The molecular weight excluding hydrogens is 520 g/mol. The maximum atomic E-state index is 11.8. The van der Waals surface area contributed by atoms with Gasteiger partial charge in [-0.05, 0) is 66.9 Å². The first kappa shape index (κ1) is 27.7. The van der Waals surface area contributed by atoms with Crippen molar-refractivity contribution >= 4 is 16.9 Å². The number of benzene rings is 3. The van der Waals surface area contributed by atoms with Gasteiger partial charge in [-0.2, -0.15) is 5.26 Å². The smallest absolute Gasteiger partial charge is 0.309 e. The SMILES string of the molecule is CCOC(=O)CCOc1ccc(OCc2ccc3ccccc3n2)cc1COCc1ccc2c(c1)OC(C#N)=CC2. The number of hydrogen-bond acceptors (Lipinski definition) is 8. The van der Waals surface area contributed by atoms with E-state index in [0.717, 1.165) is 33.3 Å². The van der Waals surface area contributed by atoms with Crippen molar-refractivity contribution in [2.75, 3.05) is 13.2 Å². The highest BCUT2D eigenvalue weighted by Crippen LogP contribution is 2.29. The number of allylic oxidation sites excluding steroid dienone is 2. The lowest BCUT2D eigenvalue weighted by Crippen LogP contribution is -2.10. The molecule has 1 aromatic heterocycles. The van der Waals surface area contributed by atoms with Crippen molar-refractivity contribution in [1.29, 1.82) is 5.26 Å². The average Bonchev–Trinajstić information content (AvgIpc) is 3.00. The van der Waals surface area contributed by atoms with E-state index < -0.39 is 0 Å². The number of para-hydroxylation sites is 1. The predicted octanol–water partition coefficient (Wildman–Crippen LogP) is 6.20. The molecule has 208 valence electrons. The topological polar surface area (TPSA) is 99.9 Å². The number of pyridine rings is 1. The van der Waals surface area contributed by atoms with Crippen LogP contribution in [-0.2, 0) is 40.5 Å². The summed E-state index contributed by atoms with van der Waals surface area (Å²) in [6, 6.07) is 25.4. The third-order valence-corrected chi connectivity index (χ3v) is 6.44. The quantitative estimate of drug-likeness (QED) is 0.192. The second kappa shape index (κ2) is 13.5. The predicted molar refractivity (Wildman–Crippen MR) is 152 cm³/mol. The summed E-state index contributed by atoms with van der Waals surface area (Å²) in [5.74, 6) is 1.91. The minimum Gasteiger partial charge on any atom is -0.493 e. The molecule has 0 saturated heterocycles. The van der Waals surface area contributed by atoms with Gasteiger partial charge in [0.25, 0.3) is 0 Å². The van der Waals surface area contributed by atoms with E-state index in [1.165, 1.54) is 0 Å². The third kappa shape index (κ3) is 7.41. The second-order valence-corrected chi connectivity index (χ2v) is 9.38. The van der Waals surface area contributed by atoms with Crippen LogP contribution in [0.1, 0.15) is 35.7 Å². The summed E-state index contributed by atoms with van der Waals surface area (Å²) in [7, 11) is 0. The summed E-state index contributed by atoms with van der Waals surface area (Å²) < 4.78 is 28.7. The lowest BCUT2D eigenvalue weighted by Gasteiger charge is -2.16. The van der Waals surface area contributed by atoms with Crippen molar-refractivity contribution in [3.63, 3.8) is 0 Å². The molecule has 0 bridgehead atoms. The Bertz CT molecular complexity index is 1610. The summed E-state index contributed by atoms with van der Waals surface area (Å²) in [5.41, 5.74) is 4.46. The molecule has 5 rings (SSSR count). The molecule has 0 fully saturated rings. The fourth-order valence-electron chi connectivity index (χ4n) is 4.39. The van der Waals surface area contributed by atoms with Crippen LogP contribution in [-0.4, -0.2) is 24.2 Å². The van der Waals surface area contributed by atoms with Gasteiger partial charge in [0.15, 0.2) is 5.76 Å². The zero-order valence-corrected chi connectivity index (χ0v) is 22.8. The van der Waals surface area contributed by atoms with Gasteiger partial charge in [0.1, 0.15) is 29.9 Å². The van der Waals surface area contributed by atoms with Crippen LogP contribution in [0.2, 0.25) is 0 Å². The van der Waals surface area contributed by atoms with E-state index in [9.17, 15) is 4.79 Å². The molecule has 0 amide bonds. The van der Waals surface area contributed by atoms with Crippen molar-refractivity contribution in [3.05, 3.63) is 107 Å². The standard InChI is InChI=1S/C33H30N2O6/c1-2-38-33(36)15-16-39-31-14-13-28(40-22-27-11-9-24-5-3-4-6-30(24)35-27)18-26(31)21-37-20-23-7-8-25-10-12-29(19-34)41-32(25)17-23/h3-9,11-14,17-18H,2,10,15-16,20-22H2,1H3. The van der Waals surface area contributed by atoms with Crippen LogP contribution >= 0.6 is 0 Å². The van der Waals surface area contributed by atoms with Crippen LogP contribution < -0.4 is 14.2 Å². The number of aromatic nitrogens is 1. The molecule has 0 atom stereocenters. The fraction of sp³-hybridized carbons (Fsp3) is 0.242. The van der Waals surface area contributed by atoms with Crippen LogP contribution in [0.5, 0.6) is 17.2 Å². The number of carbonyl (C=O) groups is 1. The largest absolute Gasteiger partial charge is 0.493 e. The van der Waals surface area contributed by atoms with Crippen molar-refractivity contribution in [2.45, 2.75) is 39.6 Å². The van der Waals surface area contributed by atoms with Gasteiger partial charge in [-0.1, -0.05) is 36.4 Å². The van der Waals surface area contributed by atoms with Crippen LogP contribution in [0.25, 0.3) is 10.9 Å². The number of ether oxygens (including phenoxy) is 5. The van der Waals surface area contributed by atoms with E-state index in [1.54, 1.807) is 13.0 Å². The average molecular weight is 551 g/mol.